The van der Waals surface area contributed by atoms with E-state index in [0.717, 1.165) is 12.8 Å². The quantitative estimate of drug-likeness (QED) is 0.541. The van der Waals surface area contributed by atoms with Crippen molar-refractivity contribution < 1.29 is 9.59 Å². The van der Waals surface area contributed by atoms with Crippen LogP contribution in [0.5, 0.6) is 0 Å². The van der Waals surface area contributed by atoms with Gasteiger partial charge < -0.3 is 11.1 Å². The van der Waals surface area contributed by atoms with Gasteiger partial charge in [-0.3, -0.25) is 9.59 Å². The van der Waals surface area contributed by atoms with E-state index in [1.165, 1.54) is 5.56 Å². The highest BCUT2D eigenvalue weighted by atomic mass is 35.5. The Morgan fingerprint density at radius 3 is 2.32 bits per heavy atom. The number of amides is 1. The average molecular weight is 327 g/mol. The van der Waals surface area contributed by atoms with Gasteiger partial charge in [0, 0.05) is 24.9 Å². The first-order chi connectivity index (χ1) is 10.0. The van der Waals surface area contributed by atoms with E-state index >= 15 is 0 Å². The topological polar surface area (TPSA) is 72.2 Å². The predicted octanol–water partition coefficient (Wildman–Crippen LogP) is 2.73. The number of ketones is 1. The molecule has 0 aromatic heterocycles. The van der Waals surface area contributed by atoms with Gasteiger partial charge in [0.05, 0.1) is 0 Å². The van der Waals surface area contributed by atoms with Crippen molar-refractivity contribution >= 4 is 24.1 Å². The Balaban J connectivity index is 0.00000441. The fourth-order valence-corrected chi connectivity index (χ4v) is 2.09. The van der Waals surface area contributed by atoms with E-state index in [2.05, 4.69) is 19.2 Å². The molecule has 1 aromatic carbocycles. The van der Waals surface area contributed by atoms with Crippen LogP contribution in [-0.4, -0.2) is 24.8 Å². The SMILES string of the molecule is CC(C)Cc1ccc(C(=O)CCC(=O)NCCCN)cc1.Cl. The molecule has 0 saturated heterocycles. The van der Waals surface area contributed by atoms with Crippen LogP contribution >= 0.6 is 12.4 Å². The molecule has 4 nitrogen and oxygen atoms in total. The maximum atomic E-state index is 12.0. The number of benzene rings is 1. The Hall–Kier alpha value is -1.39. The van der Waals surface area contributed by atoms with Crippen LogP contribution in [-0.2, 0) is 11.2 Å². The van der Waals surface area contributed by atoms with Crippen molar-refractivity contribution in [3.8, 4) is 0 Å². The summed E-state index contributed by atoms with van der Waals surface area (Å²) in [5.74, 6) is 0.525. The molecule has 0 heterocycles. The molecular formula is C17H27ClN2O2. The number of halogens is 1. The first-order valence-electron chi connectivity index (χ1n) is 7.62. The number of hydrogen-bond acceptors (Lipinski definition) is 3. The molecule has 0 atom stereocenters. The van der Waals surface area contributed by atoms with Gasteiger partial charge in [-0.25, -0.2) is 0 Å². The Morgan fingerprint density at radius 1 is 1.14 bits per heavy atom. The highest BCUT2D eigenvalue weighted by molar-refractivity contribution is 5.97. The highest BCUT2D eigenvalue weighted by Gasteiger charge is 2.09. The van der Waals surface area contributed by atoms with Crippen LogP contribution in [0.15, 0.2) is 24.3 Å². The lowest BCUT2D eigenvalue weighted by Gasteiger charge is -2.06. The van der Waals surface area contributed by atoms with E-state index in [9.17, 15) is 9.59 Å². The minimum Gasteiger partial charge on any atom is -0.356 e. The predicted molar refractivity (Wildman–Crippen MR) is 92.5 cm³/mol. The maximum Gasteiger partial charge on any atom is 0.220 e. The van der Waals surface area contributed by atoms with Crippen LogP contribution in [0.1, 0.15) is 49.0 Å². The van der Waals surface area contributed by atoms with Crippen molar-refractivity contribution in [3.63, 3.8) is 0 Å². The summed E-state index contributed by atoms with van der Waals surface area (Å²) in [6.45, 7) is 5.47. The van der Waals surface area contributed by atoms with Crippen LogP contribution in [0.4, 0.5) is 0 Å². The van der Waals surface area contributed by atoms with E-state index < -0.39 is 0 Å². The maximum absolute atomic E-state index is 12.0. The lowest BCUT2D eigenvalue weighted by molar-refractivity contribution is -0.121. The summed E-state index contributed by atoms with van der Waals surface area (Å²) in [5, 5.41) is 2.75. The molecule has 1 rings (SSSR count). The van der Waals surface area contributed by atoms with Gasteiger partial charge in [-0.15, -0.1) is 12.4 Å². The summed E-state index contributed by atoms with van der Waals surface area (Å²) in [5.41, 5.74) is 7.26. The molecule has 5 heteroatoms. The Morgan fingerprint density at radius 2 is 1.77 bits per heavy atom. The van der Waals surface area contributed by atoms with Gasteiger partial charge in [0.2, 0.25) is 5.91 Å². The number of Topliss-reactive ketones (excluding diaryl/α,β-unsaturated/α-hetero) is 1. The molecule has 0 unspecified atom stereocenters. The van der Waals surface area contributed by atoms with Crippen LogP contribution in [0.3, 0.4) is 0 Å². The second-order valence-electron chi connectivity index (χ2n) is 5.71. The molecule has 0 aliphatic carbocycles. The van der Waals surface area contributed by atoms with Crippen molar-refractivity contribution in [2.24, 2.45) is 11.7 Å². The number of nitrogens with one attached hydrogen (secondary N) is 1. The monoisotopic (exact) mass is 326 g/mol. The third-order valence-electron chi connectivity index (χ3n) is 3.20. The summed E-state index contributed by atoms with van der Waals surface area (Å²) in [6.07, 6.45) is 2.25. The minimum absolute atomic E-state index is 0. The molecule has 0 spiro atoms. The van der Waals surface area contributed by atoms with Crippen molar-refractivity contribution in [1.29, 1.82) is 0 Å². The smallest absolute Gasteiger partial charge is 0.220 e. The zero-order chi connectivity index (χ0) is 15.7. The highest BCUT2D eigenvalue weighted by Crippen LogP contribution is 2.11. The van der Waals surface area contributed by atoms with Gasteiger partial charge in [-0.1, -0.05) is 38.1 Å². The second-order valence-corrected chi connectivity index (χ2v) is 5.71. The Labute approximate surface area is 139 Å². The molecule has 0 bridgehead atoms. The lowest BCUT2D eigenvalue weighted by Crippen LogP contribution is -2.26. The van der Waals surface area contributed by atoms with Gasteiger partial charge in [0.15, 0.2) is 5.78 Å². The zero-order valence-corrected chi connectivity index (χ0v) is 14.2. The van der Waals surface area contributed by atoms with Crippen molar-refractivity contribution in [2.45, 2.75) is 39.5 Å². The fourth-order valence-electron chi connectivity index (χ4n) is 2.09. The number of carbonyl (C=O) groups is 2. The number of carbonyl (C=O) groups excluding carboxylic acids is 2. The van der Waals surface area contributed by atoms with Gasteiger partial charge >= 0.3 is 0 Å². The third kappa shape index (κ3) is 8.15. The van der Waals surface area contributed by atoms with Crippen LogP contribution in [0, 0.1) is 5.92 Å². The van der Waals surface area contributed by atoms with Crippen molar-refractivity contribution in [2.75, 3.05) is 13.1 Å². The Kier molecular flexibility index (Phi) is 10.5. The van der Waals surface area contributed by atoms with E-state index in [1.807, 2.05) is 24.3 Å². The van der Waals surface area contributed by atoms with E-state index in [0.29, 0.717) is 24.6 Å². The largest absolute Gasteiger partial charge is 0.356 e. The molecule has 0 aliphatic rings. The third-order valence-corrected chi connectivity index (χ3v) is 3.20. The number of nitrogens with two attached hydrogens (primary N) is 1. The van der Waals surface area contributed by atoms with Crippen molar-refractivity contribution in [1.82, 2.24) is 5.32 Å². The Bertz CT molecular complexity index is 458. The number of rotatable bonds is 9. The number of hydrogen-bond donors (Lipinski definition) is 2. The summed E-state index contributed by atoms with van der Waals surface area (Å²) < 4.78 is 0. The molecule has 0 saturated carbocycles. The molecule has 1 aromatic rings. The van der Waals surface area contributed by atoms with E-state index in [-0.39, 0.29) is 36.9 Å². The summed E-state index contributed by atoms with van der Waals surface area (Å²) in [7, 11) is 0. The van der Waals surface area contributed by atoms with Gasteiger partial charge in [-0.05, 0) is 30.9 Å². The van der Waals surface area contributed by atoms with E-state index in [1.54, 1.807) is 0 Å². The fraction of sp³-hybridized carbons (Fsp3) is 0.529. The summed E-state index contributed by atoms with van der Waals surface area (Å²) in [4.78, 5) is 23.5. The van der Waals surface area contributed by atoms with Crippen LogP contribution in [0.25, 0.3) is 0 Å². The molecule has 0 fully saturated rings. The standard InChI is InChI=1S/C17H26N2O2.ClH/c1-13(2)12-14-4-6-15(7-5-14)16(20)8-9-17(21)19-11-3-10-18;/h4-7,13H,3,8-12,18H2,1-2H3,(H,19,21);1H. The van der Waals surface area contributed by atoms with Gasteiger partial charge in [0.25, 0.3) is 0 Å². The average Bonchev–Trinajstić information content (AvgIpc) is 2.45. The molecular weight excluding hydrogens is 300 g/mol. The van der Waals surface area contributed by atoms with Gasteiger partial charge in [-0.2, -0.15) is 0 Å². The molecule has 124 valence electrons. The first kappa shape index (κ1) is 20.6. The minimum atomic E-state index is -0.0896. The normalized spacial score (nSPS) is 10.2. The summed E-state index contributed by atoms with van der Waals surface area (Å²) >= 11 is 0. The van der Waals surface area contributed by atoms with Crippen LogP contribution in [0.2, 0.25) is 0 Å². The van der Waals surface area contributed by atoms with Crippen LogP contribution < -0.4 is 11.1 Å². The molecule has 0 aliphatic heterocycles. The second kappa shape index (κ2) is 11.2. The first-order valence-corrected chi connectivity index (χ1v) is 7.62. The lowest BCUT2D eigenvalue weighted by atomic mass is 9.99. The molecule has 3 N–H and O–H groups in total. The molecule has 0 radical (unpaired) electrons. The molecule has 1 amide bonds. The summed E-state index contributed by atoms with van der Waals surface area (Å²) in [6, 6.07) is 7.70. The van der Waals surface area contributed by atoms with Gasteiger partial charge in [0.1, 0.15) is 0 Å². The molecule has 22 heavy (non-hydrogen) atoms. The van der Waals surface area contributed by atoms with E-state index in [4.69, 9.17) is 5.73 Å². The zero-order valence-electron chi connectivity index (χ0n) is 13.4. The van der Waals surface area contributed by atoms with Crippen molar-refractivity contribution in [3.05, 3.63) is 35.4 Å².